The molecule has 7 nitrogen and oxygen atoms in total. The molecule has 0 spiro atoms. The minimum absolute atomic E-state index is 0.212. The average Bonchev–Trinajstić information content (AvgIpc) is 3.29. The van der Waals surface area contributed by atoms with Crippen LogP contribution in [0.1, 0.15) is 35.6 Å². The summed E-state index contributed by atoms with van der Waals surface area (Å²) in [5, 5.41) is 12.9. The van der Waals surface area contributed by atoms with Gasteiger partial charge in [0.25, 0.3) is 0 Å². The van der Waals surface area contributed by atoms with E-state index in [1.807, 2.05) is 12.1 Å². The molecule has 1 aromatic carbocycles. The van der Waals surface area contributed by atoms with Crippen molar-refractivity contribution in [1.82, 2.24) is 14.8 Å². The van der Waals surface area contributed by atoms with Crippen LogP contribution in [0.3, 0.4) is 0 Å². The number of fused-ring (bicyclic) bond motifs is 1. The predicted molar refractivity (Wildman–Crippen MR) is 101 cm³/mol. The first kappa shape index (κ1) is 17.6. The molecular weight excluding hydrogens is 368 g/mol. The topological polar surface area (TPSA) is 85.8 Å². The zero-order chi connectivity index (χ0) is 19.0. The lowest BCUT2D eigenvalue weighted by Crippen LogP contribution is -2.31. The summed E-state index contributed by atoms with van der Waals surface area (Å²) < 4.78 is 0. The molecule has 0 bridgehead atoms. The molecule has 1 saturated heterocycles. The monoisotopic (exact) mass is 386 g/mol. The van der Waals surface area contributed by atoms with Crippen LogP contribution in [0.25, 0.3) is 0 Å². The second-order valence-electron chi connectivity index (χ2n) is 6.79. The van der Waals surface area contributed by atoms with Crippen molar-refractivity contribution < 1.29 is 14.7 Å². The number of urea groups is 1. The number of aromatic nitrogens is 1. The maximum absolute atomic E-state index is 12.6. The van der Waals surface area contributed by atoms with Gasteiger partial charge in [0.15, 0.2) is 0 Å². The summed E-state index contributed by atoms with van der Waals surface area (Å²) in [4.78, 5) is 31.3. The van der Waals surface area contributed by atoms with Crippen LogP contribution in [-0.2, 0) is 13.1 Å². The fourth-order valence-corrected chi connectivity index (χ4v) is 4.15. The van der Waals surface area contributed by atoms with Crippen molar-refractivity contribution in [2.45, 2.75) is 32.0 Å². The Balaban J connectivity index is 1.58. The molecule has 27 heavy (non-hydrogen) atoms. The first-order chi connectivity index (χ1) is 13.0. The Morgan fingerprint density at radius 2 is 2.15 bits per heavy atom. The lowest BCUT2D eigenvalue weighted by molar-refractivity contribution is 0.140. The van der Waals surface area contributed by atoms with E-state index in [0.29, 0.717) is 30.3 Å². The Bertz CT molecular complexity index is 890. The Morgan fingerprint density at radius 3 is 2.89 bits per heavy atom. The Labute approximate surface area is 161 Å². The molecule has 2 N–H and O–H groups in total. The number of carbonyl (C=O) groups is 2. The van der Waals surface area contributed by atoms with E-state index in [1.165, 1.54) is 4.90 Å². The van der Waals surface area contributed by atoms with Gasteiger partial charge in [0.2, 0.25) is 0 Å². The van der Waals surface area contributed by atoms with Gasteiger partial charge in [-0.3, -0.25) is 4.98 Å². The number of halogens is 1. The van der Waals surface area contributed by atoms with Crippen LogP contribution >= 0.6 is 11.6 Å². The number of carbonyl (C=O) groups excluding carboxylic acids is 1. The number of nitrogens with one attached hydrogen (secondary N) is 1. The molecule has 2 aromatic rings. The van der Waals surface area contributed by atoms with Gasteiger partial charge in [-0.1, -0.05) is 11.6 Å². The SMILES string of the molecule is O=C(Nc1cccnc1)N1Cc2cc(Cl)cc([C@@H]3CCCN3C(=O)O)c2C1. The molecule has 0 aliphatic carbocycles. The van der Waals surface area contributed by atoms with Crippen LogP contribution in [0.5, 0.6) is 0 Å². The molecular formula is C19H19ClN4O3. The third kappa shape index (κ3) is 3.42. The number of hydrogen-bond donors (Lipinski definition) is 2. The molecule has 1 fully saturated rings. The van der Waals surface area contributed by atoms with Crippen LogP contribution in [0.4, 0.5) is 15.3 Å². The van der Waals surface area contributed by atoms with Gasteiger partial charge >= 0.3 is 12.1 Å². The lowest BCUT2D eigenvalue weighted by atomic mass is 9.96. The fraction of sp³-hybridized carbons (Fsp3) is 0.316. The molecule has 0 unspecified atom stereocenters. The molecule has 3 amide bonds. The number of benzene rings is 1. The molecule has 2 aliphatic heterocycles. The van der Waals surface area contributed by atoms with Crippen LogP contribution in [0, 0.1) is 0 Å². The summed E-state index contributed by atoms with van der Waals surface area (Å²) in [5.74, 6) is 0. The van der Waals surface area contributed by atoms with Gasteiger partial charge in [-0.25, -0.2) is 9.59 Å². The van der Waals surface area contributed by atoms with Crippen molar-refractivity contribution in [1.29, 1.82) is 0 Å². The maximum Gasteiger partial charge on any atom is 0.407 e. The molecule has 2 aliphatic rings. The van der Waals surface area contributed by atoms with E-state index < -0.39 is 6.09 Å². The maximum atomic E-state index is 12.6. The molecule has 3 heterocycles. The Kier molecular flexibility index (Phi) is 4.61. The number of nitrogens with zero attached hydrogens (tertiary/aromatic N) is 3. The molecule has 4 rings (SSSR count). The summed E-state index contributed by atoms with van der Waals surface area (Å²) in [6, 6.07) is 6.80. The van der Waals surface area contributed by atoms with Gasteiger partial charge in [0.05, 0.1) is 17.9 Å². The predicted octanol–water partition coefficient (Wildman–Crippen LogP) is 4.10. The van der Waals surface area contributed by atoms with Crippen molar-refractivity contribution in [3.63, 3.8) is 0 Å². The van der Waals surface area contributed by atoms with Crippen LogP contribution in [0.15, 0.2) is 36.7 Å². The van der Waals surface area contributed by atoms with Gasteiger partial charge < -0.3 is 20.2 Å². The summed E-state index contributed by atoms with van der Waals surface area (Å²) in [5.41, 5.74) is 3.51. The molecule has 0 saturated carbocycles. The van der Waals surface area contributed by atoms with Gasteiger partial charge in [0, 0.05) is 30.9 Å². The molecule has 0 radical (unpaired) electrons. The van der Waals surface area contributed by atoms with Gasteiger partial charge in [0.1, 0.15) is 0 Å². The number of likely N-dealkylation sites (tertiary alicyclic amines) is 1. The van der Waals surface area contributed by atoms with Crippen molar-refractivity contribution in [2.24, 2.45) is 0 Å². The van der Waals surface area contributed by atoms with Crippen molar-refractivity contribution in [2.75, 3.05) is 11.9 Å². The largest absolute Gasteiger partial charge is 0.465 e. The first-order valence-electron chi connectivity index (χ1n) is 8.79. The normalized spacial score (nSPS) is 18.5. The van der Waals surface area contributed by atoms with E-state index >= 15 is 0 Å². The van der Waals surface area contributed by atoms with E-state index in [9.17, 15) is 14.7 Å². The van der Waals surface area contributed by atoms with E-state index in [-0.39, 0.29) is 12.1 Å². The molecule has 8 heteroatoms. The fourth-order valence-electron chi connectivity index (χ4n) is 3.90. The summed E-state index contributed by atoms with van der Waals surface area (Å²) in [7, 11) is 0. The lowest BCUT2D eigenvalue weighted by Gasteiger charge is -2.24. The Hall–Kier alpha value is -2.80. The zero-order valence-corrected chi connectivity index (χ0v) is 15.3. The molecule has 140 valence electrons. The highest BCUT2D eigenvalue weighted by Gasteiger charge is 2.35. The second-order valence-corrected chi connectivity index (χ2v) is 7.23. The smallest absolute Gasteiger partial charge is 0.407 e. The summed E-state index contributed by atoms with van der Waals surface area (Å²) >= 11 is 6.30. The number of amides is 3. The van der Waals surface area contributed by atoms with Gasteiger partial charge in [-0.15, -0.1) is 0 Å². The van der Waals surface area contributed by atoms with Crippen LogP contribution in [0.2, 0.25) is 5.02 Å². The molecule has 1 atom stereocenters. The number of carboxylic acid groups (broad SMARTS) is 1. The number of pyridine rings is 1. The average molecular weight is 387 g/mol. The minimum atomic E-state index is -0.921. The quantitative estimate of drug-likeness (QED) is 0.813. The summed E-state index contributed by atoms with van der Waals surface area (Å²) in [6.45, 7) is 1.39. The number of hydrogen-bond acceptors (Lipinski definition) is 3. The highest BCUT2D eigenvalue weighted by molar-refractivity contribution is 6.30. The third-order valence-corrected chi connectivity index (χ3v) is 5.33. The summed E-state index contributed by atoms with van der Waals surface area (Å²) in [6.07, 6.45) is 3.90. The first-order valence-corrected chi connectivity index (χ1v) is 9.17. The second kappa shape index (κ2) is 7.08. The Morgan fingerprint density at radius 1 is 1.30 bits per heavy atom. The van der Waals surface area contributed by atoms with Gasteiger partial charge in [-0.05, 0) is 53.8 Å². The van der Waals surface area contributed by atoms with Crippen molar-refractivity contribution in [3.05, 3.63) is 58.4 Å². The van der Waals surface area contributed by atoms with E-state index in [0.717, 1.165) is 29.5 Å². The van der Waals surface area contributed by atoms with E-state index in [4.69, 9.17) is 11.6 Å². The molecule has 1 aromatic heterocycles. The van der Waals surface area contributed by atoms with Crippen LogP contribution < -0.4 is 5.32 Å². The number of rotatable bonds is 2. The highest BCUT2D eigenvalue weighted by Crippen LogP contribution is 2.39. The van der Waals surface area contributed by atoms with E-state index in [1.54, 1.807) is 29.4 Å². The minimum Gasteiger partial charge on any atom is -0.465 e. The van der Waals surface area contributed by atoms with Crippen molar-refractivity contribution >= 4 is 29.4 Å². The van der Waals surface area contributed by atoms with E-state index in [2.05, 4.69) is 10.3 Å². The zero-order valence-electron chi connectivity index (χ0n) is 14.6. The third-order valence-electron chi connectivity index (χ3n) is 5.11. The van der Waals surface area contributed by atoms with Gasteiger partial charge in [-0.2, -0.15) is 0 Å². The van der Waals surface area contributed by atoms with Crippen molar-refractivity contribution in [3.8, 4) is 0 Å². The van der Waals surface area contributed by atoms with Crippen LogP contribution in [-0.4, -0.2) is 38.6 Å². The highest BCUT2D eigenvalue weighted by atomic mass is 35.5. The number of anilines is 1. The standard InChI is InChI=1S/C19H19ClN4O3/c20-13-7-12-10-23(18(25)22-14-3-1-5-21-9-14)11-16(12)15(8-13)17-4-2-6-24(17)19(26)27/h1,3,5,7-9,17H,2,4,6,10-11H2,(H,22,25)(H,26,27)/t17-/m0/s1.